The number of aromatic nitrogens is 2. The van der Waals surface area contributed by atoms with E-state index in [0.29, 0.717) is 0 Å². The SMILES string of the molecule is CC(C)(C)c1ccc2c(c1)c1cc(-c3ccc(N(c4ccccc4)c4ccc(-n5c6ccccc6c6ccccc65)cc4)cc3)ccc1n2-c1ccccc1. The fourth-order valence-electron chi connectivity index (χ4n) is 8.30. The zero-order chi connectivity index (χ0) is 37.1. The van der Waals surface area contributed by atoms with Crippen molar-refractivity contribution in [3.8, 4) is 22.5 Å². The van der Waals surface area contributed by atoms with E-state index in [-0.39, 0.29) is 5.41 Å². The summed E-state index contributed by atoms with van der Waals surface area (Å²) in [7, 11) is 0. The number of anilines is 3. The Morgan fingerprint density at radius 3 is 1.38 bits per heavy atom. The average molecular weight is 708 g/mol. The molecule has 55 heavy (non-hydrogen) atoms. The maximum absolute atomic E-state index is 2.40. The van der Waals surface area contributed by atoms with Crippen molar-refractivity contribution in [2.45, 2.75) is 26.2 Å². The predicted molar refractivity (Wildman–Crippen MR) is 234 cm³/mol. The van der Waals surface area contributed by atoms with Crippen LogP contribution in [0.1, 0.15) is 26.3 Å². The van der Waals surface area contributed by atoms with Crippen LogP contribution in [0.25, 0.3) is 66.1 Å². The monoisotopic (exact) mass is 707 g/mol. The summed E-state index contributed by atoms with van der Waals surface area (Å²) in [6, 6.07) is 70.6. The first kappa shape index (κ1) is 32.8. The van der Waals surface area contributed by atoms with Gasteiger partial charge in [-0.1, -0.05) is 118 Å². The highest BCUT2D eigenvalue weighted by Crippen LogP contribution is 2.40. The molecule has 0 radical (unpaired) electrons. The Morgan fingerprint density at radius 2 is 0.782 bits per heavy atom. The van der Waals surface area contributed by atoms with Gasteiger partial charge in [0, 0.05) is 50.0 Å². The van der Waals surface area contributed by atoms with Gasteiger partial charge in [-0.15, -0.1) is 0 Å². The molecule has 0 spiro atoms. The third-order valence-corrected chi connectivity index (χ3v) is 11.1. The van der Waals surface area contributed by atoms with Crippen molar-refractivity contribution in [2.24, 2.45) is 0 Å². The summed E-state index contributed by atoms with van der Waals surface area (Å²) in [4.78, 5) is 2.34. The highest BCUT2D eigenvalue weighted by atomic mass is 15.1. The lowest BCUT2D eigenvalue weighted by Gasteiger charge is -2.26. The molecule has 2 heterocycles. The number of hydrogen-bond acceptors (Lipinski definition) is 1. The molecule has 0 aliphatic heterocycles. The maximum Gasteiger partial charge on any atom is 0.0541 e. The number of para-hydroxylation sites is 4. The Kier molecular flexibility index (Phi) is 7.71. The molecule has 0 amide bonds. The quantitative estimate of drug-likeness (QED) is 0.168. The summed E-state index contributed by atoms with van der Waals surface area (Å²) in [6.45, 7) is 6.86. The standard InChI is InChI=1S/C52H41N3/c1-52(2,3)38-25-33-51-47(35-38)46-34-37(24-32-50(46)54(51)40-16-8-5-9-17-40)36-22-26-41(27-23-36)53(39-14-6-4-7-15-39)42-28-30-43(31-29-42)55-48-20-12-10-18-44(48)45-19-11-13-21-49(45)55/h4-35H,1-3H3. The Balaban J connectivity index is 1.05. The van der Waals surface area contributed by atoms with Crippen molar-refractivity contribution in [1.29, 1.82) is 0 Å². The van der Waals surface area contributed by atoms with Gasteiger partial charge in [-0.25, -0.2) is 0 Å². The van der Waals surface area contributed by atoms with Gasteiger partial charge < -0.3 is 14.0 Å². The van der Waals surface area contributed by atoms with E-state index >= 15 is 0 Å². The van der Waals surface area contributed by atoms with Crippen molar-refractivity contribution in [2.75, 3.05) is 4.90 Å². The van der Waals surface area contributed by atoms with E-state index in [0.717, 1.165) is 22.7 Å². The lowest BCUT2D eigenvalue weighted by atomic mass is 9.86. The zero-order valence-electron chi connectivity index (χ0n) is 31.3. The van der Waals surface area contributed by atoms with Gasteiger partial charge in [0.1, 0.15) is 0 Å². The molecule has 0 aliphatic carbocycles. The average Bonchev–Trinajstić information content (AvgIpc) is 3.74. The van der Waals surface area contributed by atoms with Crippen LogP contribution in [0.2, 0.25) is 0 Å². The molecule has 0 N–H and O–H groups in total. The van der Waals surface area contributed by atoms with E-state index in [1.165, 1.54) is 66.0 Å². The van der Waals surface area contributed by atoms with Crippen molar-refractivity contribution in [1.82, 2.24) is 9.13 Å². The summed E-state index contributed by atoms with van der Waals surface area (Å²) < 4.78 is 4.77. The molecule has 3 nitrogen and oxygen atoms in total. The third kappa shape index (κ3) is 5.59. The Bertz CT molecular complexity index is 2930. The fraction of sp³-hybridized carbons (Fsp3) is 0.0769. The topological polar surface area (TPSA) is 13.1 Å². The summed E-state index contributed by atoms with van der Waals surface area (Å²) in [5.74, 6) is 0. The van der Waals surface area contributed by atoms with Crippen LogP contribution in [0, 0.1) is 0 Å². The summed E-state index contributed by atoms with van der Waals surface area (Å²) in [6.07, 6.45) is 0. The number of benzene rings is 8. The van der Waals surface area contributed by atoms with E-state index in [4.69, 9.17) is 0 Å². The molecule has 0 saturated carbocycles. The molecule has 264 valence electrons. The minimum Gasteiger partial charge on any atom is -0.311 e. The van der Waals surface area contributed by atoms with Crippen LogP contribution in [0.5, 0.6) is 0 Å². The van der Waals surface area contributed by atoms with Crippen molar-refractivity contribution >= 4 is 60.7 Å². The van der Waals surface area contributed by atoms with Gasteiger partial charge in [0.05, 0.1) is 22.1 Å². The molecule has 0 unspecified atom stereocenters. The van der Waals surface area contributed by atoms with Gasteiger partial charge in [0.2, 0.25) is 0 Å². The first-order valence-electron chi connectivity index (χ1n) is 19.1. The van der Waals surface area contributed by atoms with Crippen LogP contribution < -0.4 is 4.90 Å². The second kappa shape index (κ2) is 12.9. The predicted octanol–water partition coefficient (Wildman–Crippen LogP) is 14.3. The second-order valence-electron chi connectivity index (χ2n) is 15.5. The normalized spacial score (nSPS) is 11.9. The molecule has 0 aliphatic rings. The fourth-order valence-corrected chi connectivity index (χ4v) is 8.30. The molecule has 3 heteroatoms. The molecule has 2 aromatic heterocycles. The molecule has 0 atom stereocenters. The highest BCUT2D eigenvalue weighted by molar-refractivity contribution is 6.11. The van der Waals surface area contributed by atoms with Crippen LogP contribution in [0.15, 0.2) is 194 Å². The van der Waals surface area contributed by atoms with E-state index < -0.39 is 0 Å². The molecule has 0 bridgehead atoms. The van der Waals surface area contributed by atoms with Crippen LogP contribution in [-0.4, -0.2) is 9.13 Å². The Labute approximate surface area is 322 Å². The van der Waals surface area contributed by atoms with E-state index in [2.05, 4.69) is 229 Å². The summed E-state index contributed by atoms with van der Waals surface area (Å²) >= 11 is 0. The lowest BCUT2D eigenvalue weighted by molar-refractivity contribution is 0.591. The third-order valence-electron chi connectivity index (χ3n) is 11.1. The Hall–Kier alpha value is -6.84. The number of fused-ring (bicyclic) bond motifs is 6. The molecule has 0 fully saturated rings. The minimum atomic E-state index is 0.0543. The maximum atomic E-state index is 2.40. The van der Waals surface area contributed by atoms with Gasteiger partial charge in [-0.2, -0.15) is 0 Å². The van der Waals surface area contributed by atoms with Crippen LogP contribution in [-0.2, 0) is 5.41 Å². The van der Waals surface area contributed by atoms with E-state index in [1.54, 1.807) is 0 Å². The highest BCUT2D eigenvalue weighted by Gasteiger charge is 2.19. The van der Waals surface area contributed by atoms with E-state index in [1.807, 2.05) is 0 Å². The Morgan fingerprint density at radius 1 is 0.345 bits per heavy atom. The van der Waals surface area contributed by atoms with Crippen molar-refractivity contribution < 1.29 is 0 Å². The first-order chi connectivity index (χ1) is 26.9. The van der Waals surface area contributed by atoms with Gasteiger partial charge in [0.15, 0.2) is 0 Å². The summed E-state index contributed by atoms with van der Waals surface area (Å²) in [5, 5.41) is 5.08. The van der Waals surface area contributed by atoms with Gasteiger partial charge in [0.25, 0.3) is 0 Å². The van der Waals surface area contributed by atoms with Crippen molar-refractivity contribution in [3.63, 3.8) is 0 Å². The molecular weight excluding hydrogens is 667 g/mol. The number of nitrogens with zero attached hydrogens (tertiary/aromatic N) is 3. The van der Waals surface area contributed by atoms with Gasteiger partial charge in [-0.05, 0) is 119 Å². The number of rotatable bonds is 6. The van der Waals surface area contributed by atoms with Crippen molar-refractivity contribution in [3.05, 3.63) is 200 Å². The van der Waals surface area contributed by atoms with Crippen LogP contribution >= 0.6 is 0 Å². The lowest BCUT2D eigenvalue weighted by Crippen LogP contribution is -2.10. The largest absolute Gasteiger partial charge is 0.311 e. The molecule has 10 rings (SSSR count). The van der Waals surface area contributed by atoms with Crippen LogP contribution in [0.3, 0.4) is 0 Å². The van der Waals surface area contributed by atoms with Gasteiger partial charge in [-0.3, -0.25) is 0 Å². The minimum absolute atomic E-state index is 0.0543. The first-order valence-corrected chi connectivity index (χ1v) is 19.1. The molecular formula is C52H41N3. The molecule has 0 saturated heterocycles. The smallest absolute Gasteiger partial charge is 0.0541 e. The van der Waals surface area contributed by atoms with Crippen LogP contribution in [0.4, 0.5) is 17.1 Å². The van der Waals surface area contributed by atoms with E-state index in [9.17, 15) is 0 Å². The molecule has 10 aromatic rings. The number of hydrogen-bond donors (Lipinski definition) is 0. The van der Waals surface area contributed by atoms with Gasteiger partial charge >= 0.3 is 0 Å². The zero-order valence-corrected chi connectivity index (χ0v) is 31.3. The second-order valence-corrected chi connectivity index (χ2v) is 15.5. The molecule has 8 aromatic carbocycles. The summed E-state index contributed by atoms with van der Waals surface area (Å²) in [5.41, 5.74) is 14.3.